The Kier molecular flexibility index (Phi) is 6.26. The molecule has 1 fully saturated rings. The van der Waals surface area contributed by atoms with Gasteiger partial charge in [0.25, 0.3) is 5.91 Å². The monoisotopic (exact) mass is 451 g/mol. The Bertz CT molecular complexity index is 1110. The fourth-order valence-electron chi connectivity index (χ4n) is 4.04. The molecule has 0 radical (unpaired) electrons. The maximum Gasteiger partial charge on any atom is 0.326 e. The number of nitrogens with zero attached hydrogens (tertiary/aromatic N) is 2. The number of amides is 3. The van der Waals surface area contributed by atoms with E-state index in [9.17, 15) is 14.0 Å². The van der Waals surface area contributed by atoms with Crippen LogP contribution in [0.3, 0.4) is 0 Å². The zero-order valence-corrected chi connectivity index (χ0v) is 18.3. The van der Waals surface area contributed by atoms with Crippen LogP contribution in [-0.4, -0.2) is 35.5 Å². The van der Waals surface area contributed by atoms with E-state index in [1.54, 1.807) is 18.0 Å². The average molecular weight is 452 g/mol. The molecule has 1 aliphatic rings. The predicted octanol–water partition coefficient (Wildman–Crippen LogP) is 4.56. The topological polar surface area (TPSA) is 52.6 Å². The van der Waals surface area contributed by atoms with Gasteiger partial charge in [0.15, 0.2) is 5.54 Å². The minimum absolute atomic E-state index is 0.00129. The van der Waals surface area contributed by atoms with Gasteiger partial charge < -0.3 is 5.32 Å². The Labute approximate surface area is 191 Å². The van der Waals surface area contributed by atoms with Crippen LogP contribution in [0.2, 0.25) is 5.02 Å². The Morgan fingerprint density at radius 3 is 2.28 bits per heavy atom. The summed E-state index contributed by atoms with van der Waals surface area (Å²) in [6.45, 7) is 0.151. The number of halogens is 2. The number of hydrogen-bond acceptors (Lipinski definition) is 3. The number of rotatable bonds is 7. The SMILES string of the molecule is CN(Cc1c(F)cccc1Cl)CN1C(=O)N[C@@](Cc2ccccc2)(c2ccccc2)C1=O. The van der Waals surface area contributed by atoms with Crippen molar-refractivity contribution in [3.8, 4) is 0 Å². The molecule has 3 aromatic rings. The second-order valence-corrected chi connectivity index (χ2v) is 8.36. The third-order valence-electron chi connectivity index (χ3n) is 5.63. The van der Waals surface area contributed by atoms with Crippen molar-refractivity contribution in [1.82, 2.24) is 15.1 Å². The van der Waals surface area contributed by atoms with E-state index in [0.717, 1.165) is 5.56 Å². The molecule has 164 valence electrons. The molecule has 0 bridgehead atoms. The summed E-state index contributed by atoms with van der Waals surface area (Å²) in [7, 11) is 1.71. The molecule has 0 saturated carbocycles. The smallest absolute Gasteiger partial charge is 0.319 e. The lowest BCUT2D eigenvalue weighted by Crippen LogP contribution is -2.46. The summed E-state index contributed by atoms with van der Waals surface area (Å²) in [5.74, 6) is -0.770. The largest absolute Gasteiger partial charge is 0.326 e. The normalized spacial score (nSPS) is 18.3. The van der Waals surface area contributed by atoms with Crippen LogP contribution in [-0.2, 0) is 23.3 Å². The molecule has 4 rings (SSSR count). The van der Waals surface area contributed by atoms with Crippen LogP contribution in [0, 0.1) is 5.82 Å². The number of carbonyl (C=O) groups excluding carboxylic acids is 2. The predicted molar refractivity (Wildman–Crippen MR) is 121 cm³/mol. The van der Waals surface area contributed by atoms with Crippen molar-refractivity contribution in [2.75, 3.05) is 13.7 Å². The Balaban J connectivity index is 1.61. The summed E-state index contributed by atoms with van der Waals surface area (Å²) in [6.07, 6.45) is 0.321. The summed E-state index contributed by atoms with van der Waals surface area (Å²) in [6, 6.07) is 22.8. The highest BCUT2D eigenvalue weighted by Crippen LogP contribution is 2.33. The van der Waals surface area contributed by atoms with Gasteiger partial charge in [-0.15, -0.1) is 0 Å². The van der Waals surface area contributed by atoms with Gasteiger partial charge in [0.2, 0.25) is 0 Å². The number of carbonyl (C=O) groups is 2. The number of imide groups is 1. The van der Waals surface area contributed by atoms with Crippen molar-refractivity contribution in [1.29, 1.82) is 0 Å². The van der Waals surface area contributed by atoms with E-state index in [4.69, 9.17) is 11.6 Å². The summed E-state index contributed by atoms with van der Waals surface area (Å²) in [5, 5.41) is 3.24. The second kappa shape index (κ2) is 9.10. The molecule has 3 amide bonds. The van der Waals surface area contributed by atoms with Crippen molar-refractivity contribution in [3.05, 3.63) is 106 Å². The lowest BCUT2D eigenvalue weighted by Gasteiger charge is -2.28. The first-order valence-corrected chi connectivity index (χ1v) is 10.6. The maximum absolute atomic E-state index is 14.2. The highest BCUT2D eigenvalue weighted by molar-refractivity contribution is 6.31. The highest BCUT2D eigenvalue weighted by atomic mass is 35.5. The molecule has 1 heterocycles. The first-order valence-electron chi connectivity index (χ1n) is 10.3. The van der Waals surface area contributed by atoms with Gasteiger partial charge in [0.05, 0.1) is 6.67 Å². The van der Waals surface area contributed by atoms with Gasteiger partial charge in [-0.3, -0.25) is 9.69 Å². The van der Waals surface area contributed by atoms with Crippen LogP contribution in [0.25, 0.3) is 0 Å². The van der Waals surface area contributed by atoms with Crippen molar-refractivity contribution < 1.29 is 14.0 Å². The second-order valence-electron chi connectivity index (χ2n) is 7.95. The van der Waals surface area contributed by atoms with E-state index in [0.29, 0.717) is 22.6 Å². The first kappa shape index (κ1) is 22.0. The van der Waals surface area contributed by atoms with Crippen LogP contribution < -0.4 is 5.32 Å². The van der Waals surface area contributed by atoms with Crippen LogP contribution in [0.1, 0.15) is 16.7 Å². The fraction of sp³-hybridized carbons (Fsp3) is 0.200. The number of benzene rings is 3. The zero-order valence-electron chi connectivity index (χ0n) is 17.6. The minimum Gasteiger partial charge on any atom is -0.319 e. The van der Waals surface area contributed by atoms with E-state index in [-0.39, 0.29) is 19.1 Å². The molecule has 0 unspecified atom stereocenters. The first-order chi connectivity index (χ1) is 15.4. The van der Waals surface area contributed by atoms with Crippen molar-refractivity contribution >= 4 is 23.5 Å². The van der Waals surface area contributed by atoms with E-state index in [1.807, 2.05) is 60.7 Å². The van der Waals surface area contributed by atoms with Crippen molar-refractivity contribution in [3.63, 3.8) is 0 Å². The van der Waals surface area contributed by atoms with Gasteiger partial charge in [-0.2, -0.15) is 0 Å². The van der Waals surface area contributed by atoms with Gasteiger partial charge in [0.1, 0.15) is 5.82 Å². The van der Waals surface area contributed by atoms with Crippen LogP contribution >= 0.6 is 11.6 Å². The third-order valence-corrected chi connectivity index (χ3v) is 5.98. The van der Waals surface area contributed by atoms with Crippen LogP contribution in [0.4, 0.5) is 9.18 Å². The van der Waals surface area contributed by atoms with Crippen molar-refractivity contribution in [2.45, 2.75) is 18.5 Å². The van der Waals surface area contributed by atoms with E-state index >= 15 is 0 Å². The molecule has 32 heavy (non-hydrogen) atoms. The Morgan fingerprint density at radius 1 is 0.969 bits per heavy atom. The van der Waals surface area contributed by atoms with Gasteiger partial charge in [-0.05, 0) is 30.3 Å². The van der Waals surface area contributed by atoms with Gasteiger partial charge in [0, 0.05) is 23.6 Å². The average Bonchev–Trinajstić information content (AvgIpc) is 3.02. The van der Waals surface area contributed by atoms with E-state index in [1.165, 1.54) is 17.0 Å². The van der Waals surface area contributed by atoms with Crippen molar-refractivity contribution in [2.24, 2.45) is 0 Å². The van der Waals surface area contributed by atoms with Crippen LogP contribution in [0.5, 0.6) is 0 Å². The zero-order chi connectivity index (χ0) is 22.7. The standard InChI is InChI=1S/C25H23ClFN3O2/c1-29(16-20-21(26)13-8-14-22(20)27)17-30-23(31)25(28-24(30)32,19-11-6-3-7-12-19)15-18-9-4-2-5-10-18/h2-14H,15-17H2,1H3,(H,28,32)/t25-/m0/s1. The van der Waals surface area contributed by atoms with Gasteiger partial charge >= 0.3 is 6.03 Å². The summed E-state index contributed by atoms with van der Waals surface area (Å²) in [5.41, 5.74) is 0.751. The molecule has 7 heteroatoms. The van der Waals surface area contributed by atoms with Gasteiger partial charge in [-0.1, -0.05) is 78.3 Å². The van der Waals surface area contributed by atoms with E-state index in [2.05, 4.69) is 5.32 Å². The lowest BCUT2D eigenvalue weighted by molar-refractivity contribution is -0.133. The fourth-order valence-corrected chi connectivity index (χ4v) is 4.26. The number of urea groups is 1. The molecule has 0 spiro atoms. The molecule has 1 atom stereocenters. The molecule has 1 aliphatic heterocycles. The molecular weight excluding hydrogens is 429 g/mol. The lowest BCUT2D eigenvalue weighted by atomic mass is 9.83. The summed E-state index contributed by atoms with van der Waals surface area (Å²) >= 11 is 6.14. The van der Waals surface area contributed by atoms with E-state index < -0.39 is 17.4 Å². The van der Waals surface area contributed by atoms with Crippen LogP contribution in [0.15, 0.2) is 78.9 Å². The quantitative estimate of drug-likeness (QED) is 0.536. The Morgan fingerprint density at radius 2 is 1.62 bits per heavy atom. The number of hydrogen-bond donors (Lipinski definition) is 1. The summed E-state index contributed by atoms with van der Waals surface area (Å²) in [4.78, 5) is 29.5. The maximum atomic E-state index is 14.2. The summed E-state index contributed by atoms with van der Waals surface area (Å²) < 4.78 is 14.2. The van der Waals surface area contributed by atoms with Gasteiger partial charge in [-0.25, -0.2) is 14.1 Å². The minimum atomic E-state index is -1.21. The molecule has 3 aromatic carbocycles. The molecule has 1 saturated heterocycles. The molecular formula is C25H23ClFN3O2. The highest BCUT2D eigenvalue weighted by Gasteiger charge is 2.52. The molecule has 1 N–H and O–H groups in total. The Hall–Kier alpha value is -3.22. The molecule has 0 aromatic heterocycles. The third kappa shape index (κ3) is 4.24. The molecule has 5 nitrogen and oxygen atoms in total. The molecule has 0 aliphatic carbocycles. The number of nitrogens with one attached hydrogen (secondary N) is 1.